The number of ether oxygens (including phenoxy) is 3. The van der Waals surface area contributed by atoms with E-state index in [0.29, 0.717) is 12.8 Å². The molecule has 0 fully saturated rings. The molecule has 0 aromatic rings. The average Bonchev–Trinajstić information content (AvgIpc) is 3.21. The van der Waals surface area contributed by atoms with Crippen molar-refractivity contribution in [3.63, 3.8) is 0 Å². The van der Waals surface area contributed by atoms with Crippen molar-refractivity contribution in [3.05, 3.63) is 97.2 Å². The van der Waals surface area contributed by atoms with Gasteiger partial charge < -0.3 is 28.6 Å². The number of nitrogens with zero attached hydrogens (tertiary/aromatic N) is 1. The highest BCUT2D eigenvalue weighted by atomic mass is 16.6. The summed E-state index contributed by atoms with van der Waals surface area (Å²) in [4.78, 5) is 36.9. The second kappa shape index (κ2) is 42.0. The highest BCUT2D eigenvalue weighted by Gasteiger charge is 2.25. The molecule has 340 valence electrons. The zero-order valence-electron chi connectivity index (χ0n) is 38.6. The number of hydrogen-bond acceptors (Lipinski definition) is 7. The van der Waals surface area contributed by atoms with Crippen molar-refractivity contribution in [2.75, 3.05) is 41.0 Å². The standard InChI is InChI=1S/C52H85NO7/c1-6-8-10-12-14-16-18-20-22-23-24-25-26-27-29-31-33-35-37-39-41-43-51(55)60-48(46-58-45-44-49(52(56)57)53(3,4)5)47-59-50(54)42-40-38-36-34-32-30-28-21-19-17-15-13-11-9-7-2/h8-11,13-17,19-22,28,30,32,48-49H,6-7,12,18,23-27,29,31,33-47H2,1-5H3/b10-8+,11-9+,15-13+,16-14+,19-17+,22-20+,28-21+,32-30+. The van der Waals surface area contributed by atoms with E-state index in [4.69, 9.17) is 14.2 Å². The first kappa shape index (κ1) is 56.2. The molecule has 8 heteroatoms. The maximum absolute atomic E-state index is 12.8. The predicted octanol–water partition coefficient (Wildman–Crippen LogP) is 11.7. The van der Waals surface area contributed by atoms with Gasteiger partial charge in [-0.25, -0.2) is 0 Å². The zero-order valence-corrected chi connectivity index (χ0v) is 38.6. The largest absolute Gasteiger partial charge is 0.544 e. The summed E-state index contributed by atoms with van der Waals surface area (Å²) in [5.41, 5.74) is 0. The number of aliphatic carboxylic acids is 1. The van der Waals surface area contributed by atoms with Crippen LogP contribution < -0.4 is 5.11 Å². The van der Waals surface area contributed by atoms with Crippen molar-refractivity contribution in [1.82, 2.24) is 0 Å². The fourth-order valence-corrected chi connectivity index (χ4v) is 6.28. The van der Waals surface area contributed by atoms with Crippen LogP contribution >= 0.6 is 0 Å². The summed E-state index contributed by atoms with van der Waals surface area (Å²) in [5.74, 6) is -1.80. The van der Waals surface area contributed by atoms with Crippen LogP contribution in [0, 0.1) is 0 Å². The van der Waals surface area contributed by atoms with E-state index in [-0.39, 0.29) is 42.7 Å². The van der Waals surface area contributed by atoms with Crippen LogP contribution in [-0.4, -0.2) is 75.5 Å². The van der Waals surface area contributed by atoms with E-state index in [2.05, 4.69) is 62.5 Å². The third-order valence-corrected chi connectivity index (χ3v) is 9.84. The highest BCUT2D eigenvalue weighted by Crippen LogP contribution is 2.14. The Morgan fingerprint density at radius 1 is 0.517 bits per heavy atom. The minimum Gasteiger partial charge on any atom is -0.544 e. The number of carboxylic acid groups (broad SMARTS) is 1. The van der Waals surface area contributed by atoms with Gasteiger partial charge in [-0.15, -0.1) is 0 Å². The van der Waals surface area contributed by atoms with Crippen LogP contribution in [0.3, 0.4) is 0 Å². The summed E-state index contributed by atoms with van der Waals surface area (Å²) >= 11 is 0. The summed E-state index contributed by atoms with van der Waals surface area (Å²) in [6.45, 7) is 4.35. The molecular formula is C52H85NO7. The van der Waals surface area contributed by atoms with E-state index in [1.54, 1.807) is 21.1 Å². The Morgan fingerprint density at radius 2 is 0.967 bits per heavy atom. The molecule has 0 N–H and O–H groups in total. The summed E-state index contributed by atoms with van der Waals surface area (Å²) in [6, 6.07) is -0.738. The maximum Gasteiger partial charge on any atom is 0.306 e. The lowest BCUT2D eigenvalue weighted by Crippen LogP contribution is -2.55. The first-order valence-corrected chi connectivity index (χ1v) is 23.3. The van der Waals surface area contributed by atoms with E-state index in [1.807, 2.05) is 48.6 Å². The van der Waals surface area contributed by atoms with Crippen LogP contribution in [0.1, 0.15) is 162 Å². The first-order valence-electron chi connectivity index (χ1n) is 23.3. The van der Waals surface area contributed by atoms with Gasteiger partial charge in [-0.2, -0.15) is 0 Å². The Balaban J connectivity index is 4.36. The van der Waals surface area contributed by atoms with Crippen molar-refractivity contribution in [3.8, 4) is 0 Å². The van der Waals surface area contributed by atoms with Gasteiger partial charge in [-0.3, -0.25) is 9.59 Å². The molecule has 0 aliphatic carbocycles. The molecule has 2 unspecified atom stereocenters. The van der Waals surface area contributed by atoms with Gasteiger partial charge in [0.2, 0.25) is 0 Å². The molecule has 0 aliphatic heterocycles. The van der Waals surface area contributed by atoms with E-state index in [1.165, 1.54) is 57.8 Å². The molecule has 60 heavy (non-hydrogen) atoms. The smallest absolute Gasteiger partial charge is 0.306 e. The number of carboxylic acids is 1. The molecule has 8 nitrogen and oxygen atoms in total. The van der Waals surface area contributed by atoms with Crippen molar-refractivity contribution in [1.29, 1.82) is 0 Å². The van der Waals surface area contributed by atoms with Gasteiger partial charge in [0.25, 0.3) is 0 Å². The van der Waals surface area contributed by atoms with Gasteiger partial charge in [0.1, 0.15) is 12.6 Å². The topological polar surface area (TPSA) is 102 Å². The van der Waals surface area contributed by atoms with E-state index < -0.39 is 18.1 Å². The lowest BCUT2D eigenvalue weighted by Gasteiger charge is -2.34. The minimum absolute atomic E-state index is 0.0198. The second-order valence-electron chi connectivity index (χ2n) is 16.3. The molecule has 0 spiro atoms. The average molecular weight is 836 g/mol. The number of carbonyl (C=O) groups excluding carboxylic acids is 3. The third kappa shape index (κ3) is 39.7. The predicted molar refractivity (Wildman–Crippen MR) is 249 cm³/mol. The fraction of sp³-hybridized carbons (Fsp3) is 0.635. The number of hydrogen-bond donors (Lipinski definition) is 0. The number of unbranched alkanes of at least 4 members (excludes halogenated alkanes) is 14. The van der Waals surface area contributed by atoms with E-state index in [9.17, 15) is 19.5 Å². The number of esters is 2. The highest BCUT2D eigenvalue weighted by molar-refractivity contribution is 5.70. The Morgan fingerprint density at radius 3 is 1.52 bits per heavy atom. The fourth-order valence-electron chi connectivity index (χ4n) is 6.28. The molecular weight excluding hydrogens is 751 g/mol. The monoisotopic (exact) mass is 836 g/mol. The number of carbonyl (C=O) groups is 3. The first-order chi connectivity index (χ1) is 29.1. The normalized spacial score (nSPS) is 13.8. The Bertz CT molecular complexity index is 1300. The second-order valence-corrected chi connectivity index (χ2v) is 16.3. The molecule has 2 atom stereocenters. The molecule has 0 aromatic carbocycles. The van der Waals surface area contributed by atoms with Crippen molar-refractivity contribution >= 4 is 17.9 Å². The van der Waals surface area contributed by atoms with Crippen LogP contribution in [0.15, 0.2) is 97.2 Å². The molecule has 0 bridgehead atoms. The Labute approximate surface area is 366 Å². The quantitative estimate of drug-likeness (QED) is 0.0199. The molecule has 0 rings (SSSR count). The van der Waals surface area contributed by atoms with Gasteiger partial charge in [-0.05, 0) is 64.2 Å². The number of allylic oxidation sites excluding steroid dienone is 16. The molecule has 0 saturated carbocycles. The van der Waals surface area contributed by atoms with Crippen molar-refractivity contribution < 1.29 is 38.2 Å². The number of rotatable bonds is 40. The van der Waals surface area contributed by atoms with Gasteiger partial charge in [0, 0.05) is 19.3 Å². The van der Waals surface area contributed by atoms with Crippen LogP contribution in [-0.2, 0) is 28.6 Å². The summed E-state index contributed by atoms with van der Waals surface area (Å²) in [6.07, 6.45) is 55.8. The molecule has 0 radical (unpaired) electrons. The maximum atomic E-state index is 12.8. The molecule has 0 amide bonds. The summed E-state index contributed by atoms with van der Waals surface area (Å²) < 4.78 is 17.1. The lowest BCUT2D eigenvalue weighted by atomic mass is 10.0. The van der Waals surface area contributed by atoms with E-state index >= 15 is 0 Å². The van der Waals surface area contributed by atoms with Gasteiger partial charge in [-0.1, -0.05) is 175 Å². The van der Waals surface area contributed by atoms with E-state index in [0.717, 1.165) is 70.6 Å². The zero-order chi connectivity index (χ0) is 44.2. The van der Waals surface area contributed by atoms with Crippen LogP contribution in [0.5, 0.6) is 0 Å². The molecule has 0 saturated heterocycles. The number of quaternary nitrogens is 1. The van der Waals surface area contributed by atoms with Crippen LogP contribution in [0.25, 0.3) is 0 Å². The van der Waals surface area contributed by atoms with Crippen LogP contribution in [0.4, 0.5) is 0 Å². The minimum atomic E-state index is -1.14. The molecule has 0 aromatic heterocycles. The molecule has 0 heterocycles. The van der Waals surface area contributed by atoms with Crippen molar-refractivity contribution in [2.24, 2.45) is 0 Å². The Hall–Kier alpha value is -3.75. The summed E-state index contributed by atoms with van der Waals surface area (Å²) in [5, 5.41) is 11.6. The van der Waals surface area contributed by atoms with Crippen LogP contribution in [0.2, 0.25) is 0 Å². The molecule has 0 aliphatic rings. The SMILES string of the molecule is CC/C=C/C=C/C=C/C=C/C=C/CCCCCC(=O)OCC(COCCC(C(=O)[O-])[N+](C)(C)C)OC(=O)CCCCCCCCCCCCC/C=C/C/C=C/C/C=C/CC. The van der Waals surface area contributed by atoms with Crippen molar-refractivity contribution in [2.45, 2.75) is 174 Å². The number of likely N-dealkylation sites (N-methyl/N-ethyl adjacent to an activating group) is 1. The lowest BCUT2D eigenvalue weighted by molar-refractivity contribution is -0.889. The van der Waals surface area contributed by atoms with Gasteiger partial charge >= 0.3 is 11.9 Å². The van der Waals surface area contributed by atoms with Gasteiger partial charge in [0.05, 0.1) is 40.3 Å². The van der Waals surface area contributed by atoms with Gasteiger partial charge in [0.15, 0.2) is 6.10 Å². The summed E-state index contributed by atoms with van der Waals surface area (Å²) in [7, 11) is 5.38. The Kier molecular flexibility index (Phi) is 39.3. The third-order valence-electron chi connectivity index (χ3n) is 9.84.